The number of aliphatic hydroxyl groups excluding tert-OH is 1. The molecule has 1 heterocycles. The molecular formula is C20H31N3O3S. The first-order valence-corrected chi connectivity index (χ1v) is 10.5. The maximum Gasteiger partial charge on any atom is 0.254 e. The summed E-state index contributed by atoms with van der Waals surface area (Å²) in [5, 5.41) is 13.4. The molecule has 4 N–H and O–H groups in total. The van der Waals surface area contributed by atoms with Crippen molar-refractivity contribution in [3.63, 3.8) is 0 Å². The second-order valence-corrected chi connectivity index (χ2v) is 9.11. The van der Waals surface area contributed by atoms with Gasteiger partial charge in [-0.3, -0.25) is 9.59 Å². The van der Waals surface area contributed by atoms with Crippen LogP contribution in [0.3, 0.4) is 0 Å². The summed E-state index contributed by atoms with van der Waals surface area (Å²) < 4.78 is -0.415. The van der Waals surface area contributed by atoms with Crippen molar-refractivity contribution in [2.45, 2.75) is 63.0 Å². The average Bonchev–Trinajstić information content (AvgIpc) is 2.98. The third-order valence-electron chi connectivity index (χ3n) is 4.89. The van der Waals surface area contributed by atoms with Crippen molar-refractivity contribution in [1.82, 2.24) is 10.2 Å². The van der Waals surface area contributed by atoms with E-state index in [0.29, 0.717) is 25.3 Å². The number of nitrogens with one attached hydrogen (secondary N) is 1. The number of aliphatic hydroxyl groups is 1. The number of aryl methyl sites for hydroxylation is 1. The predicted octanol–water partition coefficient (Wildman–Crippen LogP) is 1.51. The molecule has 27 heavy (non-hydrogen) atoms. The minimum Gasteiger partial charge on any atom is -0.382 e. The zero-order chi connectivity index (χ0) is 20.0. The fourth-order valence-electron chi connectivity index (χ4n) is 3.25. The van der Waals surface area contributed by atoms with Crippen LogP contribution in [-0.4, -0.2) is 57.2 Å². The first-order chi connectivity index (χ1) is 12.8. The SMILES string of the molecule is CCCNC(=O)[C@H]1N(C(=O)[C@@H](O)[C@@H](N)CCc2ccccc2)CSC1(C)C. The number of carbonyl (C=O) groups excluding carboxylic acids is 2. The molecule has 2 amide bonds. The Morgan fingerprint density at radius 2 is 2.04 bits per heavy atom. The lowest BCUT2D eigenvalue weighted by molar-refractivity contribution is -0.147. The number of amides is 2. The highest BCUT2D eigenvalue weighted by molar-refractivity contribution is 8.00. The summed E-state index contributed by atoms with van der Waals surface area (Å²) in [7, 11) is 0. The lowest BCUT2D eigenvalue weighted by Gasteiger charge is -2.32. The van der Waals surface area contributed by atoms with Gasteiger partial charge in [-0.2, -0.15) is 0 Å². The minimum absolute atomic E-state index is 0.176. The zero-order valence-electron chi connectivity index (χ0n) is 16.4. The van der Waals surface area contributed by atoms with E-state index in [4.69, 9.17) is 5.73 Å². The van der Waals surface area contributed by atoms with Crippen LogP contribution < -0.4 is 11.1 Å². The summed E-state index contributed by atoms with van der Waals surface area (Å²) in [4.78, 5) is 27.0. The molecule has 0 unspecified atom stereocenters. The van der Waals surface area contributed by atoms with E-state index in [9.17, 15) is 14.7 Å². The number of benzene rings is 1. The molecule has 0 bridgehead atoms. The summed E-state index contributed by atoms with van der Waals surface area (Å²) in [5.74, 6) is -0.269. The highest BCUT2D eigenvalue weighted by Crippen LogP contribution is 2.39. The molecule has 7 heteroatoms. The minimum atomic E-state index is -1.32. The molecule has 1 fully saturated rings. The molecule has 0 aliphatic carbocycles. The van der Waals surface area contributed by atoms with Gasteiger partial charge in [0.1, 0.15) is 12.1 Å². The lowest BCUT2D eigenvalue weighted by Crippen LogP contribution is -2.57. The normalized spacial score (nSPS) is 20.9. The predicted molar refractivity (Wildman–Crippen MR) is 109 cm³/mol. The Kier molecular flexibility index (Phi) is 7.70. The summed E-state index contributed by atoms with van der Waals surface area (Å²) in [6, 6.07) is 8.54. The number of thioether (sulfide) groups is 1. The van der Waals surface area contributed by atoms with Crippen molar-refractivity contribution in [1.29, 1.82) is 0 Å². The molecule has 0 aromatic heterocycles. The van der Waals surface area contributed by atoms with Crippen LogP contribution in [0.2, 0.25) is 0 Å². The fourth-order valence-corrected chi connectivity index (χ4v) is 4.39. The molecule has 1 aromatic carbocycles. The standard InChI is InChI=1S/C20H31N3O3S/c1-4-12-22-18(25)17-20(2,3)27-13-23(17)19(26)16(24)15(21)11-10-14-8-6-5-7-9-14/h5-9,15-17,24H,4,10-13,21H2,1-3H3,(H,22,25)/t15-,16-,17+/m0/s1. The first-order valence-electron chi connectivity index (χ1n) is 9.47. The van der Waals surface area contributed by atoms with Gasteiger partial charge in [-0.05, 0) is 38.7 Å². The van der Waals surface area contributed by atoms with E-state index in [0.717, 1.165) is 12.0 Å². The van der Waals surface area contributed by atoms with Crippen molar-refractivity contribution in [2.75, 3.05) is 12.4 Å². The van der Waals surface area contributed by atoms with Gasteiger partial charge in [0.15, 0.2) is 0 Å². The quantitative estimate of drug-likeness (QED) is 0.622. The first kappa shape index (κ1) is 21.7. The van der Waals surface area contributed by atoms with Crippen LogP contribution >= 0.6 is 11.8 Å². The molecule has 0 spiro atoms. The van der Waals surface area contributed by atoms with Crippen LogP contribution in [0.15, 0.2) is 30.3 Å². The maximum absolute atomic E-state index is 12.9. The van der Waals surface area contributed by atoms with Crippen molar-refractivity contribution < 1.29 is 14.7 Å². The van der Waals surface area contributed by atoms with E-state index in [1.165, 1.54) is 16.7 Å². The van der Waals surface area contributed by atoms with Crippen molar-refractivity contribution >= 4 is 23.6 Å². The summed E-state index contributed by atoms with van der Waals surface area (Å²) in [5.41, 5.74) is 7.21. The van der Waals surface area contributed by atoms with Gasteiger partial charge in [-0.25, -0.2) is 0 Å². The van der Waals surface area contributed by atoms with Crippen LogP contribution in [0.25, 0.3) is 0 Å². The Bertz CT molecular complexity index is 639. The van der Waals surface area contributed by atoms with Crippen molar-refractivity contribution in [2.24, 2.45) is 5.73 Å². The Balaban J connectivity index is 2.01. The Hall–Kier alpha value is -1.57. The Morgan fingerprint density at radius 3 is 2.67 bits per heavy atom. The largest absolute Gasteiger partial charge is 0.382 e. The number of nitrogens with two attached hydrogens (primary N) is 1. The number of carbonyl (C=O) groups is 2. The topological polar surface area (TPSA) is 95.7 Å². The van der Waals surface area contributed by atoms with Crippen molar-refractivity contribution in [3.05, 3.63) is 35.9 Å². The monoisotopic (exact) mass is 393 g/mol. The van der Waals surface area contributed by atoms with Crippen LogP contribution in [0.4, 0.5) is 0 Å². The summed E-state index contributed by atoms with van der Waals surface area (Å²) in [6.07, 6.45) is 0.693. The smallest absolute Gasteiger partial charge is 0.254 e. The lowest BCUT2D eigenvalue weighted by atomic mass is 9.98. The molecule has 1 aliphatic rings. The molecule has 0 saturated carbocycles. The maximum atomic E-state index is 12.9. The van der Waals surface area contributed by atoms with Gasteiger partial charge in [0, 0.05) is 17.3 Å². The van der Waals surface area contributed by atoms with E-state index >= 15 is 0 Å². The zero-order valence-corrected chi connectivity index (χ0v) is 17.2. The molecule has 1 aliphatic heterocycles. The second-order valence-electron chi connectivity index (χ2n) is 7.51. The van der Waals surface area contributed by atoms with Crippen LogP contribution in [0.1, 0.15) is 39.2 Å². The van der Waals surface area contributed by atoms with Gasteiger partial charge in [0.2, 0.25) is 5.91 Å². The summed E-state index contributed by atoms with van der Waals surface area (Å²) in [6.45, 7) is 6.44. The van der Waals surface area contributed by atoms with E-state index in [1.807, 2.05) is 51.1 Å². The number of rotatable bonds is 8. The number of hydrogen-bond donors (Lipinski definition) is 3. The van der Waals surface area contributed by atoms with E-state index in [-0.39, 0.29) is 5.91 Å². The van der Waals surface area contributed by atoms with Crippen LogP contribution in [0, 0.1) is 0 Å². The third-order valence-corrected chi connectivity index (χ3v) is 6.27. The molecule has 6 nitrogen and oxygen atoms in total. The number of nitrogens with zero attached hydrogens (tertiary/aromatic N) is 1. The Labute approximate surface area is 165 Å². The van der Waals surface area contributed by atoms with Gasteiger partial charge in [-0.1, -0.05) is 37.3 Å². The molecule has 3 atom stereocenters. The number of hydrogen-bond acceptors (Lipinski definition) is 5. The van der Waals surface area contributed by atoms with E-state index in [2.05, 4.69) is 5.32 Å². The van der Waals surface area contributed by atoms with Crippen LogP contribution in [-0.2, 0) is 16.0 Å². The van der Waals surface area contributed by atoms with Gasteiger partial charge in [0.05, 0.1) is 5.88 Å². The fraction of sp³-hybridized carbons (Fsp3) is 0.600. The van der Waals surface area contributed by atoms with Gasteiger partial charge >= 0.3 is 0 Å². The molecule has 2 rings (SSSR count). The van der Waals surface area contributed by atoms with Gasteiger partial charge in [0.25, 0.3) is 5.91 Å². The van der Waals surface area contributed by atoms with Gasteiger partial charge in [-0.15, -0.1) is 11.8 Å². The van der Waals surface area contributed by atoms with Gasteiger partial charge < -0.3 is 21.1 Å². The average molecular weight is 394 g/mol. The second kappa shape index (κ2) is 9.57. The molecule has 1 saturated heterocycles. The van der Waals surface area contributed by atoms with Crippen LogP contribution in [0.5, 0.6) is 0 Å². The summed E-state index contributed by atoms with van der Waals surface area (Å²) >= 11 is 1.54. The van der Waals surface area contributed by atoms with E-state index in [1.54, 1.807) is 0 Å². The third kappa shape index (κ3) is 5.46. The highest BCUT2D eigenvalue weighted by Gasteiger charge is 2.49. The molecule has 0 radical (unpaired) electrons. The Morgan fingerprint density at radius 1 is 1.37 bits per heavy atom. The van der Waals surface area contributed by atoms with E-state index < -0.39 is 28.8 Å². The van der Waals surface area contributed by atoms with Crippen molar-refractivity contribution in [3.8, 4) is 0 Å². The molecule has 150 valence electrons. The molecule has 1 aromatic rings. The molecular weight excluding hydrogens is 362 g/mol. The highest BCUT2D eigenvalue weighted by atomic mass is 32.2.